The van der Waals surface area contributed by atoms with E-state index < -0.39 is 17.8 Å². The van der Waals surface area contributed by atoms with Crippen LogP contribution in [0.4, 0.5) is 24.5 Å². The van der Waals surface area contributed by atoms with Crippen LogP contribution in [0.5, 0.6) is 0 Å². The highest BCUT2D eigenvalue weighted by molar-refractivity contribution is 5.94. The molecule has 0 bridgehead atoms. The summed E-state index contributed by atoms with van der Waals surface area (Å²) in [6, 6.07) is 9.40. The van der Waals surface area contributed by atoms with Crippen LogP contribution in [-0.4, -0.2) is 31.4 Å². The van der Waals surface area contributed by atoms with Crippen molar-refractivity contribution in [1.29, 1.82) is 0 Å². The average molecular weight is 408 g/mol. The Morgan fingerprint density at radius 1 is 1.03 bits per heavy atom. The van der Waals surface area contributed by atoms with E-state index in [2.05, 4.69) is 10.6 Å². The third kappa shape index (κ3) is 6.32. The van der Waals surface area contributed by atoms with Crippen LogP contribution in [0.3, 0.4) is 0 Å². The second-order valence-electron chi connectivity index (χ2n) is 7.18. The highest BCUT2D eigenvalue weighted by atomic mass is 19.4. The molecule has 29 heavy (non-hydrogen) atoms. The molecule has 2 aromatic carbocycles. The van der Waals surface area contributed by atoms with Crippen molar-refractivity contribution in [3.8, 4) is 0 Å². The van der Waals surface area contributed by atoms with Gasteiger partial charge in [0.1, 0.15) is 0 Å². The van der Waals surface area contributed by atoms with E-state index in [1.54, 1.807) is 14.0 Å². The Morgan fingerprint density at radius 3 is 2.24 bits per heavy atom. The first kappa shape index (κ1) is 22.4. The summed E-state index contributed by atoms with van der Waals surface area (Å²) in [5.74, 6) is -0.618. The average Bonchev–Trinajstić information content (AvgIpc) is 2.63. The zero-order valence-electron chi connectivity index (χ0n) is 16.8. The fourth-order valence-corrected chi connectivity index (χ4v) is 2.69. The number of carbonyl (C=O) groups excluding carboxylic acids is 2. The highest BCUT2D eigenvalue weighted by Crippen LogP contribution is 2.29. The molecule has 0 spiro atoms. The van der Waals surface area contributed by atoms with Crippen LogP contribution in [0, 0.1) is 13.8 Å². The summed E-state index contributed by atoms with van der Waals surface area (Å²) in [5.41, 5.74) is 2.17. The van der Waals surface area contributed by atoms with Crippen molar-refractivity contribution >= 4 is 23.2 Å². The van der Waals surface area contributed by atoms with Gasteiger partial charge in [0.15, 0.2) is 12.6 Å². The number of likely N-dealkylation sites (N-methyl/N-ethyl adjacent to an activating group) is 1. The van der Waals surface area contributed by atoms with E-state index in [1.165, 1.54) is 12.1 Å². The Kier molecular flexibility index (Phi) is 7.02. The van der Waals surface area contributed by atoms with Gasteiger partial charge in [-0.25, -0.2) is 0 Å². The van der Waals surface area contributed by atoms with Gasteiger partial charge in [-0.3, -0.25) is 9.59 Å². The summed E-state index contributed by atoms with van der Waals surface area (Å²) in [6.07, 6.45) is -4.43. The first-order chi connectivity index (χ1) is 13.5. The highest BCUT2D eigenvalue weighted by Gasteiger charge is 2.30. The quantitative estimate of drug-likeness (QED) is 0.688. The molecule has 0 heterocycles. The zero-order valence-corrected chi connectivity index (χ0v) is 16.8. The summed E-state index contributed by atoms with van der Waals surface area (Å²) in [6.45, 7) is 5.54. The van der Waals surface area contributed by atoms with Crippen LogP contribution in [0.15, 0.2) is 42.5 Å². The fourth-order valence-electron chi connectivity index (χ4n) is 2.69. The number of alkyl halides is 3. The number of quaternary nitrogens is 1. The van der Waals surface area contributed by atoms with E-state index in [4.69, 9.17) is 0 Å². The van der Waals surface area contributed by atoms with Gasteiger partial charge in [0.2, 0.25) is 0 Å². The number of amides is 2. The number of rotatable bonds is 6. The Balaban J connectivity index is 1.93. The van der Waals surface area contributed by atoms with Crippen molar-refractivity contribution in [2.24, 2.45) is 0 Å². The van der Waals surface area contributed by atoms with Crippen molar-refractivity contribution < 1.29 is 27.7 Å². The second kappa shape index (κ2) is 9.09. The first-order valence-electron chi connectivity index (χ1n) is 9.15. The Bertz CT molecular complexity index is 880. The minimum atomic E-state index is -4.43. The lowest BCUT2D eigenvalue weighted by atomic mass is 10.1. The van der Waals surface area contributed by atoms with Crippen LogP contribution in [0.1, 0.15) is 23.6 Å². The van der Waals surface area contributed by atoms with Crippen LogP contribution in [-0.2, 0) is 15.8 Å². The molecule has 0 aliphatic carbocycles. The van der Waals surface area contributed by atoms with Gasteiger partial charge >= 0.3 is 6.18 Å². The summed E-state index contributed by atoms with van der Waals surface area (Å²) < 4.78 is 37.8. The number of halogens is 3. The molecule has 0 aliphatic heterocycles. The van der Waals surface area contributed by atoms with E-state index in [0.717, 1.165) is 28.9 Å². The fraction of sp³-hybridized carbons (Fsp3) is 0.333. The number of benzene rings is 2. The predicted octanol–water partition coefficient (Wildman–Crippen LogP) is 2.80. The second-order valence-corrected chi connectivity index (χ2v) is 7.18. The van der Waals surface area contributed by atoms with E-state index in [0.29, 0.717) is 4.90 Å². The van der Waals surface area contributed by atoms with E-state index >= 15 is 0 Å². The molecule has 2 rings (SSSR count). The van der Waals surface area contributed by atoms with Crippen molar-refractivity contribution in [1.82, 2.24) is 0 Å². The third-order valence-corrected chi connectivity index (χ3v) is 4.72. The topological polar surface area (TPSA) is 62.6 Å². The maximum absolute atomic E-state index is 12.6. The molecule has 2 amide bonds. The van der Waals surface area contributed by atoms with Gasteiger partial charge in [0, 0.05) is 11.4 Å². The number of anilines is 2. The lowest BCUT2D eigenvalue weighted by Crippen LogP contribution is -3.14. The first-order valence-corrected chi connectivity index (χ1v) is 9.15. The van der Waals surface area contributed by atoms with Crippen molar-refractivity contribution in [2.45, 2.75) is 33.0 Å². The number of carbonyl (C=O) groups is 2. The molecule has 2 aromatic rings. The van der Waals surface area contributed by atoms with Crippen molar-refractivity contribution in [3.05, 3.63) is 59.2 Å². The predicted molar refractivity (Wildman–Crippen MR) is 106 cm³/mol. The van der Waals surface area contributed by atoms with Crippen LogP contribution >= 0.6 is 0 Å². The minimum Gasteiger partial charge on any atom is -0.321 e. The van der Waals surface area contributed by atoms with Gasteiger partial charge in [-0.05, 0) is 62.2 Å². The molecular formula is C21H25F3N3O2+. The monoisotopic (exact) mass is 408 g/mol. The Labute approximate surface area is 167 Å². The number of hydrogen-bond donors (Lipinski definition) is 3. The van der Waals surface area contributed by atoms with Gasteiger partial charge < -0.3 is 15.5 Å². The van der Waals surface area contributed by atoms with Crippen molar-refractivity contribution in [2.75, 3.05) is 24.2 Å². The van der Waals surface area contributed by atoms with E-state index in [1.807, 2.05) is 32.0 Å². The summed E-state index contributed by atoms with van der Waals surface area (Å²) in [4.78, 5) is 25.4. The van der Waals surface area contributed by atoms with Gasteiger partial charge in [0.25, 0.3) is 11.8 Å². The molecule has 3 N–H and O–H groups in total. The molecule has 0 radical (unpaired) electrons. The smallest absolute Gasteiger partial charge is 0.321 e. The standard InChI is InChI=1S/C21H24F3N3O2/c1-13-5-6-14(2)18(11-13)26-19(28)12-27(4)15(3)20(29)25-17-9-7-16(8-10-17)21(22,23)24/h5-11,15H,12H2,1-4H3,(H,25,29)(H,26,28)/p+1/t15-/m1/s1. The summed E-state index contributed by atoms with van der Waals surface area (Å²) in [7, 11) is 1.71. The minimum absolute atomic E-state index is 0.0645. The van der Waals surface area contributed by atoms with Gasteiger partial charge in [0.05, 0.1) is 12.6 Å². The Morgan fingerprint density at radius 2 is 1.66 bits per heavy atom. The van der Waals surface area contributed by atoms with Gasteiger partial charge in [-0.2, -0.15) is 13.2 Å². The van der Waals surface area contributed by atoms with Crippen LogP contribution < -0.4 is 15.5 Å². The lowest BCUT2D eigenvalue weighted by molar-refractivity contribution is -0.885. The molecule has 156 valence electrons. The lowest BCUT2D eigenvalue weighted by Gasteiger charge is -2.21. The number of hydrogen-bond acceptors (Lipinski definition) is 2. The van der Waals surface area contributed by atoms with Crippen molar-refractivity contribution in [3.63, 3.8) is 0 Å². The normalized spacial score (nSPS) is 13.5. The molecule has 0 aromatic heterocycles. The largest absolute Gasteiger partial charge is 0.416 e. The summed E-state index contributed by atoms with van der Waals surface area (Å²) in [5, 5.41) is 5.43. The van der Waals surface area contributed by atoms with Crippen LogP contribution in [0.2, 0.25) is 0 Å². The maximum Gasteiger partial charge on any atom is 0.416 e. The van der Waals surface area contributed by atoms with Crippen LogP contribution in [0.25, 0.3) is 0 Å². The SMILES string of the molecule is Cc1ccc(C)c(NC(=O)C[NH+](C)[C@H](C)C(=O)Nc2ccc(C(F)(F)F)cc2)c1. The molecular weight excluding hydrogens is 383 g/mol. The molecule has 0 fully saturated rings. The van der Waals surface area contributed by atoms with Gasteiger partial charge in [-0.1, -0.05) is 12.1 Å². The number of aryl methyl sites for hydroxylation is 2. The third-order valence-electron chi connectivity index (χ3n) is 4.72. The van der Waals surface area contributed by atoms with Gasteiger partial charge in [-0.15, -0.1) is 0 Å². The molecule has 1 unspecified atom stereocenters. The molecule has 5 nitrogen and oxygen atoms in total. The number of nitrogens with one attached hydrogen (secondary N) is 3. The summed E-state index contributed by atoms with van der Waals surface area (Å²) >= 11 is 0. The molecule has 8 heteroatoms. The molecule has 0 aliphatic rings. The zero-order chi connectivity index (χ0) is 21.8. The maximum atomic E-state index is 12.6. The molecule has 2 atom stereocenters. The molecule has 0 saturated heterocycles. The Hall–Kier alpha value is -2.87. The van der Waals surface area contributed by atoms with E-state index in [-0.39, 0.29) is 24.0 Å². The van der Waals surface area contributed by atoms with E-state index in [9.17, 15) is 22.8 Å². The molecule has 0 saturated carbocycles.